The van der Waals surface area contributed by atoms with Gasteiger partial charge in [-0.05, 0) is 130 Å². The predicted octanol–water partition coefficient (Wildman–Crippen LogP) is 8.72. The van der Waals surface area contributed by atoms with Gasteiger partial charge < -0.3 is 24.7 Å². The molecule has 5 heterocycles. The van der Waals surface area contributed by atoms with E-state index in [4.69, 9.17) is 21.1 Å². The van der Waals surface area contributed by atoms with E-state index in [9.17, 15) is 13.2 Å². The summed E-state index contributed by atoms with van der Waals surface area (Å²) in [5, 5.41) is 5.08. The summed E-state index contributed by atoms with van der Waals surface area (Å²) in [5.41, 5.74) is 4.72. The Balaban J connectivity index is 0.967. The predicted molar refractivity (Wildman–Crippen MR) is 225 cm³/mol. The third-order valence-electron chi connectivity index (χ3n) is 11.8. The lowest BCUT2D eigenvalue weighted by Gasteiger charge is -2.41. The van der Waals surface area contributed by atoms with Crippen molar-refractivity contribution >= 4 is 49.9 Å². The van der Waals surface area contributed by atoms with Gasteiger partial charge in [0.25, 0.3) is 15.9 Å². The highest BCUT2D eigenvalue weighted by molar-refractivity contribution is 7.90. The van der Waals surface area contributed by atoms with Crippen LogP contribution in [0.15, 0.2) is 90.1 Å². The zero-order valence-electron chi connectivity index (χ0n) is 32.4. The second-order valence-electron chi connectivity index (χ2n) is 15.7. The van der Waals surface area contributed by atoms with E-state index in [0.29, 0.717) is 29.3 Å². The number of H-pyrrole nitrogens is 1. The molecule has 3 aromatic carbocycles. The van der Waals surface area contributed by atoms with Gasteiger partial charge in [0.2, 0.25) is 0 Å². The Morgan fingerprint density at radius 2 is 1.74 bits per heavy atom. The number of aromatic nitrogens is 2. The van der Waals surface area contributed by atoms with Gasteiger partial charge in [-0.3, -0.25) is 9.69 Å². The second kappa shape index (κ2) is 17.5. The van der Waals surface area contributed by atoms with Crippen LogP contribution in [0.3, 0.4) is 0 Å². The number of benzene rings is 3. The summed E-state index contributed by atoms with van der Waals surface area (Å²) < 4.78 is 41.4. The van der Waals surface area contributed by atoms with Gasteiger partial charge in [0, 0.05) is 79.5 Å². The number of aryl methyl sites for hydroxylation is 1. The lowest BCUT2D eigenvalue weighted by molar-refractivity contribution is 0.0699. The van der Waals surface area contributed by atoms with Gasteiger partial charge in [-0.25, -0.2) is 18.1 Å². The molecule has 11 nitrogen and oxygen atoms in total. The van der Waals surface area contributed by atoms with E-state index in [1.54, 1.807) is 30.6 Å². The fraction of sp³-hybridized carbons (Fsp3) is 0.409. The number of piperidine rings is 2. The molecule has 1 atom stereocenters. The maximum absolute atomic E-state index is 13.9. The number of nitrogens with zero attached hydrogens (tertiary/aromatic N) is 3. The van der Waals surface area contributed by atoms with Crippen LogP contribution >= 0.6 is 11.6 Å². The summed E-state index contributed by atoms with van der Waals surface area (Å²) in [4.78, 5) is 26.4. The van der Waals surface area contributed by atoms with E-state index >= 15 is 0 Å². The third-order valence-corrected chi connectivity index (χ3v) is 13.4. The monoisotopic (exact) mass is 810 g/mol. The Morgan fingerprint density at radius 3 is 2.53 bits per heavy atom. The van der Waals surface area contributed by atoms with Crippen LogP contribution in [0.2, 0.25) is 5.02 Å². The Kier molecular flexibility index (Phi) is 12.0. The topological polar surface area (TPSA) is 129 Å². The van der Waals surface area contributed by atoms with Crippen molar-refractivity contribution in [1.82, 2.24) is 19.6 Å². The van der Waals surface area contributed by atoms with Gasteiger partial charge in [-0.1, -0.05) is 30.2 Å². The van der Waals surface area contributed by atoms with Gasteiger partial charge in [-0.2, -0.15) is 0 Å². The molecule has 2 aromatic heterocycles. The van der Waals surface area contributed by atoms with Crippen LogP contribution < -0.4 is 19.7 Å². The lowest BCUT2D eigenvalue weighted by Crippen LogP contribution is -2.41. The molecule has 5 aromatic rings. The van der Waals surface area contributed by atoms with Crippen molar-refractivity contribution in [1.29, 1.82) is 0 Å². The molecule has 0 aliphatic carbocycles. The first-order valence-corrected chi connectivity index (χ1v) is 22.0. The van der Waals surface area contributed by atoms with Crippen molar-refractivity contribution in [3.05, 3.63) is 107 Å². The molecule has 0 spiro atoms. The number of halogens is 1. The minimum atomic E-state index is -4.20. The number of hydrogen-bond acceptors (Lipinski definition) is 9. The number of likely N-dealkylation sites (tertiary alicyclic amines) is 1. The highest BCUT2D eigenvalue weighted by Crippen LogP contribution is 2.36. The van der Waals surface area contributed by atoms with E-state index in [1.807, 2.05) is 43.3 Å². The number of carbonyl (C=O) groups excluding carboxylic acids is 1. The summed E-state index contributed by atoms with van der Waals surface area (Å²) in [6.07, 6.45) is 11.1. The molecule has 0 radical (unpaired) electrons. The molecule has 0 bridgehead atoms. The van der Waals surface area contributed by atoms with Gasteiger partial charge >= 0.3 is 0 Å². The molecule has 0 saturated carbocycles. The van der Waals surface area contributed by atoms with E-state index in [2.05, 4.69) is 41.9 Å². The molecule has 13 heteroatoms. The average Bonchev–Trinajstić information content (AvgIpc) is 3.70. The summed E-state index contributed by atoms with van der Waals surface area (Å²) in [5.74, 6) is 0.991. The first-order valence-electron chi connectivity index (χ1n) is 20.2. The number of aromatic amines is 1. The standard InChI is InChI=1S/C44H51ClN6O5S/c1-30-24-38(10-12-40(30)47-27-31-16-22-55-23-17-31)57(53,54)49-44(52)39-11-9-36(26-42(39)56-37-25-34-13-18-46-43(34)48-28-37)50-20-14-32(15-21-50)29-51-19-3-2-4-41(51)33-5-7-35(45)8-6-33/h5-13,18,24-26,28,31-32,41,47H,2-4,14-17,19-23,27,29H2,1H3,(H,46,48)(H,49,52)/t41-/m1/s1. The SMILES string of the molecule is Cc1cc(S(=O)(=O)NC(=O)c2ccc(N3CCC(CN4CCCC[C@@H]4c4ccc(Cl)cc4)CC3)cc2Oc2cnc3[nH]ccc3c2)ccc1NCC1CCOCC1. The molecule has 0 unspecified atom stereocenters. The zero-order valence-corrected chi connectivity index (χ0v) is 34.0. The van der Waals surface area contributed by atoms with Crippen molar-refractivity contribution in [3.8, 4) is 11.5 Å². The van der Waals surface area contributed by atoms with Crippen LogP contribution in [0.1, 0.15) is 72.5 Å². The maximum atomic E-state index is 13.9. The number of amides is 1. The molecule has 3 saturated heterocycles. The average molecular weight is 811 g/mol. The van der Waals surface area contributed by atoms with E-state index < -0.39 is 15.9 Å². The lowest BCUT2D eigenvalue weighted by atomic mass is 9.91. The van der Waals surface area contributed by atoms with Crippen LogP contribution in [0.5, 0.6) is 11.5 Å². The molecule has 57 heavy (non-hydrogen) atoms. The van der Waals surface area contributed by atoms with E-state index in [-0.39, 0.29) is 16.2 Å². The second-order valence-corrected chi connectivity index (χ2v) is 17.8. The van der Waals surface area contributed by atoms with E-state index in [1.165, 1.54) is 24.5 Å². The summed E-state index contributed by atoms with van der Waals surface area (Å²) in [6.45, 7) is 8.08. The molecular formula is C44H51ClN6O5S. The van der Waals surface area contributed by atoms with Crippen LogP contribution in [-0.2, 0) is 14.8 Å². The number of rotatable bonds is 12. The first-order chi connectivity index (χ1) is 27.7. The van der Waals surface area contributed by atoms with Gasteiger partial charge in [0.05, 0.1) is 16.7 Å². The molecule has 1 amide bonds. The quantitative estimate of drug-likeness (QED) is 0.113. The number of pyridine rings is 1. The summed E-state index contributed by atoms with van der Waals surface area (Å²) in [6, 6.07) is 22.7. The third kappa shape index (κ3) is 9.41. The van der Waals surface area contributed by atoms with Gasteiger partial charge in [0.15, 0.2) is 0 Å². The van der Waals surface area contributed by atoms with E-state index in [0.717, 1.165) is 105 Å². The number of carbonyl (C=O) groups is 1. The minimum absolute atomic E-state index is 0.0121. The number of nitrogens with one attached hydrogen (secondary N) is 3. The molecule has 3 N–H and O–H groups in total. The fourth-order valence-corrected chi connectivity index (χ4v) is 9.68. The van der Waals surface area contributed by atoms with Crippen molar-refractivity contribution in [2.24, 2.45) is 11.8 Å². The molecule has 8 rings (SSSR count). The number of fused-ring (bicyclic) bond motifs is 1. The summed E-state index contributed by atoms with van der Waals surface area (Å²) in [7, 11) is -4.20. The maximum Gasteiger partial charge on any atom is 0.268 e. The number of hydrogen-bond donors (Lipinski definition) is 3. The minimum Gasteiger partial charge on any atom is -0.455 e. The fourth-order valence-electron chi connectivity index (χ4n) is 8.50. The normalized spacial score (nSPS) is 18.8. The van der Waals surface area contributed by atoms with Crippen molar-refractivity contribution in [2.45, 2.75) is 62.8 Å². The van der Waals surface area contributed by atoms with Gasteiger partial charge in [-0.15, -0.1) is 0 Å². The zero-order chi connectivity index (χ0) is 39.4. The Labute approximate surface area is 340 Å². The van der Waals surface area contributed by atoms with Crippen LogP contribution in [0.25, 0.3) is 11.0 Å². The molecule has 3 aliphatic heterocycles. The Morgan fingerprint density at radius 1 is 0.930 bits per heavy atom. The smallest absolute Gasteiger partial charge is 0.268 e. The number of sulfonamides is 1. The van der Waals surface area contributed by atoms with Crippen molar-refractivity contribution < 1.29 is 22.7 Å². The highest BCUT2D eigenvalue weighted by atomic mass is 35.5. The number of ether oxygens (including phenoxy) is 2. The largest absolute Gasteiger partial charge is 0.455 e. The molecule has 3 aliphatic rings. The van der Waals surface area contributed by atoms with Crippen LogP contribution in [-0.4, -0.2) is 75.1 Å². The first kappa shape index (κ1) is 39.2. The highest BCUT2D eigenvalue weighted by Gasteiger charge is 2.29. The number of anilines is 2. The summed E-state index contributed by atoms with van der Waals surface area (Å²) >= 11 is 6.20. The van der Waals surface area contributed by atoms with Crippen molar-refractivity contribution in [3.63, 3.8) is 0 Å². The Bertz CT molecular complexity index is 2290. The van der Waals surface area contributed by atoms with Crippen LogP contribution in [0, 0.1) is 18.8 Å². The van der Waals surface area contributed by atoms with Gasteiger partial charge in [0.1, 0.15) is 17.1 Å². The Hall–Kier alpha value is -4.62. The molecular weight excluding hydrogens is 760 g/mol. The molecule has 3 fully saturated rings. The molecule has 300 valence electrons. The van der Waals surface area contributed by atoms with Crippen LogP contribution in [0.4, 0.5) is 11.4 Å². The van der Waals surface area contributed by atoms with Crippen molar-refractivity contribution in [2.75, 3.05) is 56.2 Å².